The molecule has 5 nitrogen and oxygen atoms in total. The number of carboxylic acids is 2. The van der Waals surface area contributed by atoms with Crippen LogP contribution in [0.1, 0.15) is 38.9 Å². The zero-order valence-electron chi connectivity index (χ0n) is 9.97. The van der Waals surface area contributed by atoms with Crippen LogP contribution >= 0.6 is 11.3 Å². The van der Waals surface area contributed by atoms with E-state index >= 15 is 0 Å². The van der Waals surface area contributed by atoms with Crippen molar-refractivity contribution in [3.63, 3.8) is 0 Å². The Bertz CT molecular complexity index is 482. The number of aromatic carboxylic acids is 1. The lowest BCUT2D eigenvalue weighted by Crippen LogP contribution is -2.45. The largest absolute Gasteiger partial charge is 0.480 e. The summed E-state index contributed by atoms with van der Waals surface area (Å²) in [6, 6.07) is 1.01. The Morgan fingerprint density at radius 1 is 1.44 bits per heavy atom. The number of hydrogen-bond acceptors (Lipinski definition) is 4. The molecule has 2 atom stereocenters. The average Bonchev–Trinajstić information content (AvgIpc) is 2.71. The highest BCUT2D eigenvalue weighted by Gasteiger charge is 2.33. The van der Waals surface area contributed by atoms with Crippen molar-refractivity contribution in [3.05, 3.63) is 21.4 Å². The summed E-state index contributed by atoms with van der Waals surface area (Å²) in [4.78, 5) is 23.8. The highest BCUT2D eigenvalue weighted by atomic mass is 32.1. The van der Waals surface area contributed by atoms with Gasteiger partial charge in [0, 0.05) is 15.7 Å². The lowest BCUT2D eigenvalue weighted by molar-refractivity contribution is -0.140. The zero-order valence-corrected chi connectivity index (χ0v) is 10.8. The summed E-state index contributed by atoms with van der Waals surface area (Å²) in [5.74, 6) is -1.96. The molecule has 1 aromatic rings. The smallest absolute Gasteiger partial charge is 0.336 e. The molecule has 2 unspecified atom stereocenters. The van der Waals surface area contributed by atoms with Gasteiger partial charge in [0.15, 0.2) is 0 Å². The van der Waals surface area contributed by atoms with Crippen LogP contribution in [0, 0.1) is 6.92 Å². The molecular weight excluding hydrogens is 254 g/mol. The fourth-order valence-electron chi connectivity index (χ4n) is 2.35. The molecule has 0 radical (unpaired) electrons. The van der Waals surface area contributed by atoms with E-state index in [1.807, 2.05) is 0 Å². The molecule has 0 spiro atoms. The van der Waals surface area contributed by atoms with E-state index in [0.29, 0.717) is 6.54 Å². The Kier molecular flexibility index (Phi) is 3.68. The Labute approximate surface area is 108 Å². The molecule has 0 bridgehead atoms. The monoisotopic (exact) mass is 269 g/mol. The predicted octanol–water partition coefficient (Wildman–Crippen LogP) is 1.67. The molecule has 0 aromatic carbocycles. The molecule has 3 N–H and O–H groups in total. The summed E-state index contributed by atoms with van der Waals surface area (Å²) in [5, 5.41) is 21.2. The molecule has 1 fully saturated rings. The Morgan fingerprint density at radius 2 is 2.17 bits per heavy atom. The topological polar surface area (TPSA) is 86.6 Å². The van der Waals surface area contributed by atoms with E-state index in [1.54, 1.807) is 13.0 Å². The number of nitrogens with one attached hydrogen (secondary N) is 1. The van der Waals surface area contributed by atoms with E-state index in [0.717, 1.165) is 22.6 Å². The SMILES string of the molecule is Cc1sc(C2CCCNC2C(=O)O)cc1C(=O)O. The normalized spacial score (nSPS) is 23.8. The van der Waals surface area contributed by atoms with Crippen molar-refractivity contribution in [2.45, 2.75) is 31.7 Å². The molecule has 1 aromatic heterocycles. The Hall–Kier alpha value is -1.40. The number of piperidine rings is 1. The molecule has 1 saturated heterocycles. The van der Waals surface area contributed by atoms with Gasteiger partial charge in [-0.05, 0) is 32.4 Å². The lowest BCUT2D eigenvalue weighted by atomic mass is 9.89. The van der Waals surface area contributed by atoms with E-state index in [1.165, 1.54) is 11.3 Å². The van der Waals surface area contributed by atoms with Crippen LogP contribution in [0.4, 0.5) is 0 Å². The molecule has 0 aliphatic carbocycles. The van der Waals surface area contributed by atoms with E-state index in [-0.39, 0.29) is 11.5 Å². The molecule has 0 saturated carbocycles. The summed E-state index contributed by atoms with van der Waals surface area (Å²) in [6.07, 6.45) is 1.69. The predicted molar refractivity (Wildman–Crippen MR) is 67.4 cm³/mol. The third kappa shape index (κ3) is 2.39. The van der Waals surface area contributed by atoms with Gasteiger partial charge in [-0.25, -0.2) is 4.79 Å². The quantitative estimate of drug-likeness (QED) is 0.777. The van der Waals surface area contributed by atoms with Crippen molar-refractivity contribution < 1.29 is 19.8 Å². The standard InChI is InChI=1S/C12H15NO4S/c1-6-8(11(14)15)5-9(18-6)7-3-2-4-13-10(7)12(16)17/h5,7,10,13H,2-4H2,1H3,(H,14,15)(H,16,17). The van der Waals surface area contributed by atoms with E-state index < -0.39 is 18.0 Å². The van der Waals surface area contributed by atoms with Gasteiger partial charge in [0.25, 0.3) is 0 Å². The number of thiophene rings is 1. The maximum Gasteiger partial charge on any atom is 0.336 e. The first kappa shape index (κ1) is 13.0. The Balaban J connectivity index is 2.31. The fraction of sp³-hybridized carbons (Fsp3) is 0.500. The van der Waals surface area contributed by atoms with Gasteiger partial charge in [-0.15, -0.1) is 11.3 Å². The van der Waals surface area contributed by atoms with Crippen LogP contribution in [0.15, 0.2) is 6.07 Å². The number of hydrogen-bond donors (Lipinski definition) is 3. The van der Waals surface area contributed by atoms with Gasteiger partial charge in [-0.3, -0.25) is 4.79 Å². The first-order valence-electron chi connectivity index (χ1n) is 5.80. The minimum absolute atomic E-state index is 0.131. The molecular formula is C12H15NO4S. The molecule has 1 aliphatic rings. The second-order valence-electron chi connectivity index (χ2n) is 4.44. The molecule has 0 amide bonds. The van der Waals surface area contributed by atoms with Crippen molar-refractivity contribution in [3.8, 4) is 0 Å². The first-order chi connectivity index (χ1) is 8.50. The number of aryl methyl sites for hydroxylation is 1. The van der Waals surface area contributed by atoms with Gasteiger partial charge in [-0.1, -0.05) is 0 Å². The fourth-order valence-corrected chi connectivity index (χ4v) is 3.55. The van der Waals surface area contributed by atoms with Crippen LogP contribution in [-0.4, -0.2) is 34.7 Å². The van der Waals surface area contributed by atoms with E-state index in [9.17, 15) is 14.7 Å². The van der Waals surface area contributed by atoms with E-state index in [4.69, 9.17) is 5.11 Å². The lowest BCUT2D eigenvalue weighted by Gasteiger charge is -2.28. The minimum atomic E-state index is -0.953. The number of carboxylic acid groups (broad SMARTS) is 2. The summed E-state index contributed by atoms with van der Waals surface area (Å²) < 4.78 is 0. The van der Waals surface area contributed by atoms with Gasteiger partial charge >= 0.3 is 11.9 Å². The molecule has 18 heavy (non-hydrogen) atoms. The van der Waals surface area contributed by atoms with Gasteiger partial charge in [0.2, 0.25) is 0 Å². The van der Waals surface area contributed by atoms with Crippen molar-refractivity contribution in [2.24, 2.45) is 0 Å². The molecule has 2 heterocycles. The highest BCUT2D eigenvalue weighted by molar-refractivity contribution is 7.12. The molecule has 1 aliphatic heterocycles. The van der Waals surface area contributed by atoms with Crippen molar-refractivity contribution in [1.29, 1.82) is 0 Å². The third-order valence-electron chi connectivity index (χ3n) is 3.26. The second-order valence-corrected chi connectivity index (χ2v) is 5.73. The van der Waals surface area contributed by atoms with Crippen LogP contribution in [-0.2, 0) is 4.79 Å². The van der Waals surface area contributed by atoms with Crippen molar-refractivity contribution in [1.82, 2.24) is 5.32 Å². The van der Waals surface area contributed by atoms with Crippen LogP contribution in [0.25, 0.3) is 0 Å². The van der Waals surface area contributed by atoms with Crippen LogP contribution in [0.2, 0.25) is 0 Å². The minimum Gasteiger partial charge on any atom is -0.480 e. The maximum atomic E-state index is 11.2. The summed E-state index contributed by atoms with van der Waals surface area (Å²) in [6.45, 7) is 2.45. The van der Waals surface area contributed by atoms with Crippen LogP contribution in [0.5, 0.6) is 0 Å². The second kappa shape index (κ2) is 5.07. The molecule has 6 heteroatoms. The third-order valence-corrected chi connectivity index (χ3v) is 4.44. The van der Waals surface area contributed by atoms with Crippen molar-refractivity contribution >= 4 is 23.3 Å². The van der Waals surface area contributed by atoms with Gasteiger partial charge in [0.05, 0.1) is 5.56 Å². The molecule has 2 rings (SSSR count). The van der Waals surface area contributed by atoms with Gasteiger partial charge < -0.3 is 15.5 Å². The van der Waals surface area contributed by atoms with Crippen LogP contribution < -0.4 is 5.32 Å². The highest BCUT2D eigenvalue weighted by Crippen LogP contribution is 2.35. The number of aliphatic carboxylic acids is 1. The maximum absolute atomic E-state index is 11.2. The summed E-state index contributed by atoms with van der Waals surface area (Å²) in [5.41, 5.74) is 0.282. The zero-order chi connectivity index (χ0) is 13.3. The summed E-state index contributed by atoms with van der Waals surface area (Å²) in [7, 11) is 0. The number of carbonyl (C=O) groups is 2. The first-order valence-corrected chi connectivity index (χ1v) is 6.62. The van der Waals surface area contributed by atoms with Gasteiger partial charge in [-0.2, -0.15) is 0 Å². The van der Waals surface area contributed by atoms with Crippen molar-refractivity contribution in [2.75, 3.05) is 6.54 Å². The number of rotatable bonds is 3. The van der Waals surface area contributed by atoms with Crippen LogP contribution in [0.3, 0.4) is 0 Å². The Morgan fingerprint density at radius 3 is 2.72 bits per heavy atom. The molecule has 98 valence electrons. The average molecular weight is 269 g/mol. The van der Waals surface area contributed by atoms with Gasteiger partial charge in [0.1, 0.15) is 6.04 Å². The van der Waals surface area contributed by atoms with E-state index in [2.05, 4.69) is 5.32 Å². The summed E-state index contributed by atoms with van der Waals surface area (Å²) >= 11 is 1.39.